The van der Waals surface area contributed by atoms with Gasteiger partial charge in [0.05, 0.1) is 13.1 Å². The van der Waals surface area contributed by atoms with E-state index in [1.54, 1.807) is 12.1 Å². The zero-order valence-electron chi connectivity index (χ0n) is 12.7. The number of carbonyl (C=O) groups excluding carboxylic acids is 1. The molecule has 0 radical (unpaired) electrons. The number of amides is 1. The van der Waals surface area contributed by atoms with Crippen molar-refractivity contribution in [3.63, 3.8) is 0 Å². The van der Waals surface area contributed by atoms with Crippen molar-refractivity contribution in [3.05, 3.63) is 35.2 Å². The maximum Gasteiger partial charge on any atom is 0.241 e. The zero-order valence-corrected chi connectivity index (χ0v) is 13.4. The van der Waals surface area contributed by atoms with Crippen LogP contribution in [0.15, 0.2) is 28.8 Å². The summed E-state index contributed by atoms with van der Waals surface area (Å²) in [6, 6.07) is 7.21. The highest BCUT2D eigenvalue weighted by molar-refractivity contribution is 6.30. The molecule has 0 unspecified atom stereocenters. The molecule has 6 nitrogen and oxygen atoms in total. The van der Waals surface area contributed by atoms with Gasteiger partial charge in [-0.15, -0.1) is 0 Å². The number of rotatable bonds is 7. The van der Waals surface area contributed by atoms with Crippen molar-refractivity contribution < 1.29 is 9.32 Å². The molecule has 0 atom stereocenters. The Kier molecular flexibility index (Phi) is 5.91. The highest BCUT2D eigenvalue weighted by Gasteiger charge is 2.12. The van der Waals surface area contributed by atoms with Crippen LogP contribution in [0, 0.1) is 0 Å². The Bertz CT molecular complexity index is 612. The number of nitrogens with one attached hydrogen (secondary N) is 1. The van der Waals surface area contributed by atoms with Gasteiger partial charge >= 0.3 is 0 Å². The summed E-state index contributed by atoms with van der Waals surface area (Å²) in [6.07, 6.45) is 0.920. The SMILES string of the molecule is CCCNC(=O)CN(C)Cc1nc(-c2ccc(Cl)cc2)no1. The summed E-state index contributed by atoms with van der Waals surface area (Å²) in [5.41, 5.74) is 0.836. The molecule has 118 valence electrons. The van der Waals surface area contributed by atoms with E-state index in [1.807, 2.05) is 31.0 Å². The molecule has 0 spiro atoms. The van der Waals surface area contributed by atoms with E-state index in [9.17, 15) is 4.79 Å². The molecule has 1 aromatic carbocycles. The quantitative estimate of drug-likeness (QED) is 0.847. The van der Waals surface area contributed by atoms with Gasteiger partial charge in [-0.3, -0.25) is 9.69 Å². The Labute approximate surface area is 134 Å². The van der Waals surface area contributed by atoms with Crippen molar-refractivity contribution in [2.45, 2.75) is 19.9 Å². The molecule has 0 bridgehead atoms. The first-order valence-electron chi connectivity index (χ1n) is 7.12. The first kappa shape index (κ1) is 16.5. The minimum absolute atomic E-state index is 0.0122. The summed E-state index contributed by atoms with van der Waals surface area (Å²) in [5, 5.41) is 7.42. The Morgan fingerprint density at radius 2 is 2.09 bits per heavy atom. The van der Waals surface area contributed by atoms with Crippen molar-refractivity contribution in [2.24, 2.45) is 0 Å². The second-order valence-electron chi connectivity index (χ2n) is 5.04. The molecule has 1 aromatic heterocycles. The van der Waals surface area contributed by atoms with Gasteiger partial charge in [0.25, 0.3) is 0 Å². The van der Waals surface area contributed by atoms with Gasteiger partial charge in [-0.25, -0.2) is 0 Å². The molecular formula is C15H19ClN4O2. The largest absolute Gasteiger partial charge is 0.355 e. The van der Waals surface area contributed by atoms with Gasteiger partial charge in [-0.1, -0.05) is 23.7 Å². The normalized spacial score (nSPS) is 10.9. The first-order valence-corrected chi connectivity index (χ1v) is 7.50. The van der Waals surface area contributed by atoms with Crippen LogP contribution in [0.3, 0.4) is 0 Å². The van der Waals surface area contributed by atoms with Gasteiger partial charge in [0.15, 0.2) is 0 Å². The van der Waals surface area contributed by atoms with Crippen molar-refractivity contribution in [1.29, 1.82) is 0 Å². The minimum atomic E-state index is -0.0122. The predicted octanol–water partition coefficient (Wildman–Crippen LogP) is 2.35. The van der Waals surface area contributed by atoms with E-state index < -0.39 is 0 Å². The topological polar surface area (TPSA) is 71.3 Å². The lowest BCUT2D eigenvalue weighted by Crippen LogP contribution is -2.35. The molecule has 1 N–H and O–H groups in total. The van der Waals surface area contributed by atoms with Crippen LogP contribution in [0.2, 0.25) is 5.02 Å². The lowest BCUT2D eigenvalue weighted by Gasteiger charge is -2.13. The molecule has 0 saturated heterocycles. The summed E-state index contributed by atoms with van der Waals surface area (Å²) >= 11 is 5.85. The van der Waals surface area contributed by atoms with Crippen LogP contribution in [0.1, 0.15) is 19.2 Å². The monoisotopic (exact) mass is 322 g/mol. The first-order chi connectivity index (χ1) is 10.6. The number of likely N-dealkylation sites (N-methyl/N-ethyl adjacent to an activating group) is 1. The second-order valence-corrected chi connectivity index (χ2v) is 5.48. The van der Waals surface area contributed by atoms with E-state index in [1.165, 1.54) is 0 Å². The van der Waals surface area contributed by atoms with E-state index >= 15 is 0 Å². The molecule has 22 heavy (non-hydrogen) atoms. The summed E-state index contributed by atoms with van der Waals surface area (Å²) in [5.74, 6) is 0.966. The minimum Gasteiger partial charge on any atom is -0.355 e. The van der Waals surface area contributed by atoms with Crippen LogP contribution < -0.4 is 5.32 Å². The predicted molar refractivity (Wildman–Crippen MR) is 84.4 cm³/mol. The third-order valence-electron chi connectivity index (χ3n) is 2.96. The number of hydrogen-bond donors (Lipinski definition) is 1. The molecule has 0 saturated carbocycles. The number of nitrogens with zero attached hydrogens (tertiary/aromatic N) is 3. The van der Waals surface area contributed by atoms with Crippen LogP contribution in [0.25, 0.3) is 11.4 Å². The maximum absolute atomic E-state index is 11.6. The molecule has 0 aliphatic rings. The number of benzene rings is 1. The molecule has 2 rings (SSSR count). The zero-order chi connectivity index (χ0) is 15.9. The molecular weight excluding hydrogens is 304 g/mol. The molecule has 7 heteroatoms. The van der Waals surface area contributed by atoms with Gasteiger partial charge in [0, 0.05) is 17.1 Å². The van der Waals surface area contributed by atoms with Crippen LogP contribution >= 0.6 is 11.6 Å². The number of halogens is 1. The second kappa shape index (κ2) is 7.91. The van der Waals surface area contributed by atoms with Gasteiger partial charge in [0.2, 0.25) is 17.6 Å². The molecule has 2 aromatic rings. The van der Waals surface area contributed by atoms with Crippen molar-refractivity contribution >= 4 is 17.5 Å². The maximum atomic E-state index is 11.6. The molecule has 1 heterocycles. The van der Waals surface area contributed by atoms with Crippen LogP contribution in [0.5, 0.6) is 0 Å². The number of aromatic nitrogens is 2. The van der Waals surface area contributed by atoms with E-state index in [-0.39, 0.29) is 5.91 Å². The smallest absolute Gasteiger partial charge is 0.241 e. The average Bonchev–Trinajstić information content (AvgIpc) is 2.94. The lowest BCUT2D eigenvalue weighted by atomic mass is 10.2. The summed E-state index contributed by atoms with van der Waals surface area (Å²) in [7, 11) is 1.83. The Balaban J connectivity index is 1.91. The van der Waals surface area contributed by atoms with Gasteiger partial charge in [0.1, 0.15) is 0 Å². The van der Waals surface area contributed by atoms with Gasteiger partial charge in [-0.2, -0.15) is 4.98 Å². The van der Waals surface area contributed by atoms with E-state index in [0.717, 1.165) is 12.0 Å². The van der Waals surface area contributed by atoms with E-state index in [4.69, 9.17) is 16.1 Å². The van der Waals surface area contributed by atoms with Crippen molar-refractivity contribution in [3.8, 4) is 11.4 Å². The lowest BCUT2D eigenvalue weighted by molar-refractivity contribution is -0.122. The Morgan fingerprint density at radius 1 is 1.36 bits per heavy atom. The fourth-order valence-electron chi connectivity index (χ4n) is 1.89. The third-order valence-corrected chi connectivity index (χ3v) is 3.21. The van der Waals surface area contributed by atoms with Crippen LogP contribution in [0.4, 0.5) is 0 Å². The van der Waals surface area contributed by atoms with Crippen molar-refractivity contribution in [1.82, 2.24) is 20.4 Å². The molecule has 0 aliphatic carbocycles. The van der Waals surface area contributed by atoms with E-state index in [2.05, 4.69) is 15.5 Å². The van der Waals surface area contributed by atoms with Crippen molar-refractivity contribution in [2.75, 3.05) is 20.1 Å². The van der Waals surface area contributed by atoms with Gasteiger partial charge in [-0.05, 0) is 37.7 Å². The van der Waals surface area contributed by atoms with Gasteiger partial charge < -0.3 is 9.84 Å². The Hall–Kier alpha value is -1.92. The fraction of sp³-hybridized carbons (Fsp3) is 0.400. The standard InChI is InChI=1S/C15H19ClN4O2/c1-3-8-17-13(21)9-20(2)10-14-18-15(19-22-14)11-4-6-12(16)7-5-11/h4-7H,3,8-10H2,1-2H3,(H,17,21). The highest BCUT2D eigenvalue weighted by Crippen LogP contribution is 2.18. The molecule has 1 amide bonds. The Morgan fingerprint density at radius 3 is 2.77 bits per heavy atom. The third kappa shape index (κ3) is 4.82. The highest BCUT2D eigenvalue weighted by atomic mass is 35.5. The summed E-state index contributed by atoms with van der Waals surface area (Å²) in [6.45, 7) is 3.41. The summed E-state index contributed by atoms with van der Waals surface area (Å²) in [4.78, 5) is 17.8. The molecule has 0 fully saturated rings. The van der Waals surface area contributed by atoms with E-state index in [0.29, 0.717) is 36.4 Å². The van der Waals surface area contributed by atoms with Crippen LogP contribution in [-0.4, -0.2) is 41.1 Å². The number of carbonyl (C=O) groups is 1. The fourth-order valence-corrected chi connectivity index (χ4v) is 2.01. The van der Waals surface area contributed by atoms with Crippen LogP contribution in [-0.2, 0) is 11.3 Å². The average molecular weight is 323 g/mol. The summed E-state index contributed by atoms with van der Waals surface area (Å²) < 4.78 is 5.22. The number of hydrogen-bond acceptors (Lipinski definition) is 5. The molecule has 0 aliphatic heterocycles.